The van der Waals surface area contributed by atoms with Crippen LogP contribution >= 0.6 is 7.75 Å². The van der Waals surface area contributed by atoms with Crippen molar-refractivity contribution in [3.63, 3.8) is 0 Å². The van der Waals surface area contributed by atoms with E-state index in [4.69, 9.17) is 28.5 Å². The van der Waals surface area contributed by atoms with Crippen LogP contribution < -0.4 is 20.8 Å². The zero-order valence-electron chi connectivity index (χ0n) is 25.6. The van der Waals surface area contributed by atoms with Gasteiger partial charge in [-0.05, 0) is 36.3 Å². The molecule has 0 unspecified atom stereocenters. The van der Waals surface area contributed by atoms with Crippen molar-refractivity contribution >= 4 is 25.7 Å². The monoisotopic (exact) mass is 684 g/mol. The number of nitrogens with zero attached hydrogens (tertiary/aromatic N) is 5. The number of carbonyl (C=O) groups is 3. The minimum absolute atomic E-state index is 0.0795. The first-order chi connectivity index (χ1) is 22.2. The standard InChI is InChI=1S/C26H33N6O14P/c1-5-19(34)43-21-22(44-20(35)6-2)26(29-30-27,45-23(21)31-13-12-18(33)28-25(31)37)14-42-16-10-8-9-11-17(16)46-32(47(38,39)40)15(4)24(36)41-7-3/h8-13,15,21-23H,5-7,14H2,1-4H3,(H,28,33,37)(H2,38,39,40)/t15-,21+,22-,23+,26+/m0/s1. The van der Waals surface area contributed by atoms with Gasteiger partial charge in [-0.1, -0.05) is 31.1 Å². The summed E-state index contributed by atoms with van der Waals surface area (Å²) in [6, 6.07) is 4.74. The highest BCUT2D eigenvalue weighted by molar-refractivity contribution is 7.49. The average Bonchev–Trinajstić information content (AvgIpc) is 3.30. The molecule has 3 rings (SSSR count). The molecule has 1 aliphatic heterocycles. The van der Waals surface area contributed by atoms with Crippen molar-refractivity contribution < 1.29 is 57.3 Å². The van der Waals surface area contributed by atoms with Crippen LogP contribution in [0.4, 0.5) is 0 Å². The summed E-state index contributed by atoms with van der Waals surface area (Å²) in [5.74, 6) is -3.26. The lowest BCUT2D eigenvalue weighted by Gasteiger charge is -2.31. The lowest BCUT2D eigenvalue weighted by molar-refractivity contribution is -0.172. The molecule has 1 aromatic heterocycles. The fraction of sp³-hybridized carbons (Fsp3) is 0.500. The van der Waals surface area contributed by atoms with Crippen LogP contribution in [0.1, 0.15) is 46.8 Å². The van der Waals surface area contributed by atoms with Gasteiger partial charge in [0, 0.05) is 30.0 Å². The summed E-state index contributed by atoms with van der Waals surface area (Å²) in [4.78, 5) is 92.0. The van der Waals surface area contributed by atoms with Crippen LogP contribution in [0.25, 0.3) is 10.4 Å². The fourth-order valence-electron chi connectivity index (χ4n) is 4.27. The highest BCUT2D eigenvalue weighted by Gasteiger charge is 2.61. The molecule has 20 nitrogen and oxygen atoms in total. The average molecular weight is 685 g/mol. The third-order valence-corrected chi connectivity index (χ3v) is 7.42. The molecule has 1 saturated heterocycles. The van der Waals surface area contributed by atoms with E-state index in [0.717, 1.165) is 23.8 Å². The van der Waals surface area contributed by atoms with E-state index in [1.165, 1.54) is 45.0 Å². The van der Waals surface area contributed by atoms with Crippen LogP contribution in [0, 0.1) is 0 Å². The number of para-hydroxylation sites is 2. The number of ether oxygens (including phenoxy) is 5. The van der Waals surface area contributed by atoms with Gasteiger partial charge in [-0.3, -0.25) is 28.7 Å². The van der Waals surface area contributed by atoms with Gasteiger partial charge >= 0.3 is 31.3 Å². The second-order valence-corrected chi connectivity index (χ2v) is 11.1. The van der Waals surface area contributed by atoms with Gasteiger partial charge in [-0.2, -0.15) is 0 Å². The number of aromatic amines is 1. The maximum atomic E-state index is 12.8. The van der Waals surface area contributed by atoms with E-state index in [1.807, 2.05) is 4.98 Å². The van der Waals surface area contributed by atoms with Crippen LogP contribution in [0.5, 0.6) is 11.5 Å². The Labute approximate surface area is 265 Å². The molecule has 21 heteroatoms. The smallest absolute Gasteiger partial charge is 0.436 e. The largest absolute Gasteiger partial charge is 0.486 e. The topological polar surface area (TPSA) is 271 Å². The molecule has 2 heterocycles. The number of hydroxylamine groups is 1. The number of azide groups is 1. The van der Waals surface area contributed by atoms with E-state index in [9.17, 15) is 43.9 Å². The van der Waals surface area contributed by atoms with Gasteiger partial charge in [-0.25, -0.2) is 9.36 Å². The second kappa shape index (κ2) is 15.7. The molecular weight excluding hydrogens is 651 g/mol. The SMILES string of the molecule is CCOC(=O)[C@H](C)N(Oc1ccccc1OC[C@@]1(N=[N+]=[N-])O[C@@H](n2ccc(=O)[nH]c2=O)[C@H](OC(=O)CC)[C@@H]1OC(=O)CC)P(=O)(O)O. The van der Waals surface area contributed by atoms with Crippen molar-refractivity contribution in [3.8, 4) is 11.5 Å². The molecule has 1 fully saturated rings. The molecule has 2 aromatic rings. The molecule has 0 spiro atoms. The van der Waals surface area contributed by atoms with Crippen molar-refractivity contribution in [1.29, 1.82) is 0 Å². The Balaban J connectivity index is 2.10. The molecule has 5 atom stereocenters. The second-order valence-electron chi connectivity index (χ2n) is 9.70. The van der Waals surface area contributed by atoms with Crippen molar-refractivity contribution in [3.05, 3.63) is 67.8 Å². The Bertz CT molecular complexity index is 1670. The molecule has 47 heavy (non-hydrogen) atoms. The molecule has 0 saturated carbocycles. The quantitative estimate of drug-likeness (QED) is 0.0455. The van der Waals surface area contributed by atoms with Crippen molar-refractivity contribution in [1.82, 2.24) is 14.4 Å². The summed E-state index contributed by atoms with van der Waals surface area (Å²) in [5, 5.41) is 3.69. The Morgan fingerprint density at radius 3 is 2.34 bits per heavy atom. The number of hydrogen-bond donors (Lipinski definition) is 3. The predicted octanol–water partition coefficient (Wildman–Crippen LogP) is 1.43. The van der Waals surface area contributed by atoms with E-state index in [2.05, 4.69) is 10.0 Å². The van der Waals surface area contributed by atoms with Gasteiger partial charge in [0.25, 0.3) is 5.56 Å². The number of H-pyrrole nitrogens is 1. The normalized spacial score (nSPS) is 21.3. The molecule has 0 radical (unpaired) electrons. The maximum absolute atomic E-state index is 12.8. The molecule has 0 bridgehead atoms. The van der Waals surface area contributed by atoms with E-state index < -0.39 is 73.7 Å². The minimum Gasteiger partial charge on any atom is -0.486 e. The van der Waals surface area contributed by atoms with Gasteiger partial charge < -0.3 is 38.3 Å². The molecule has 3 N–H and O–H groups in total. The van der Waals surface area contributed by atoms with Crippen LogP contribution in [0.2, 0.25) is 0 Å². The number of hydrogen-bond acceptors (Lipinski definition) is 13. The van der Waals surface area contributed by atoms with Gasteiger partial charge in [0.2, 0.25) is 5.72 Å². The zero-order chi connectivity index (χ0) is 34.9. The first-order valence-corrected chi connectivity index (χ1v) is 15.6. The zero-order valence-corrected chi connectivity index (χ0v) is 26.5. The number of aromatic nitrogens is 2. The Kier molecular flexibility index (Phi) is 12.3. The van der Waals surface area contributed by atoms with Crippen LogP contribution in [-0.2, 0) is 37.9 Å². The van der Waals surface area contributed by atoms with Gasteiger partial charge in [0.05, 0.1) is 6.61 Å². The Hall–Kier alpha value is -4.71. The fourth-order valence-corrected chi connectivity index (χ4v) is 5.01. The first-order valence-electron chi connectivity index (χ1n) is 14.1. The number of nitrogens with one attached hydrogen (secondary N) is 1. The molecular formula is C26H33N6O14P. The maximum Gasteiger partial charge on any atom is 0.436 e. The Morgan fingerprint density at radius 1 is 1.13 bits per heavy atom. The van der Waals surface area contributed by atoms with Crippen molar-refractivity contribution in [2.45, 2.75) is 70.7 Å². The number of benzene rings is 1. The van der Waals surface area contributed by atoms with E-state index in [-0.39, 0.29) is 35.8 Å². The third-order valence-electron chi connectivity index (χ3n) is 6.48. The first kappa shape index (κ1) is 36.8. The van der Waals surface area contributed by atoms with Gasteiger partial charge in [0.1, 0.15) is 6.61 Å². The van der Waals surface area contributed by atoms with Gasteiger partial charge in [0.15, 0.2) is 36.0 Å². The molecule has 256 valence electrons. The van der Waals surface area contributed by atoms with Crippen molar-refractivity contribution in [2.75, 3.05) is 13.2 Å². The third kappa shape index (κ3) is 8.76. The summed E-state index contributed by atoms with van der Waals surface area (Å²) in [6.07, 6.45) is -4.33. The molecule has 1 aromatic carbocycles. The summed E-state index contributed by atoms with van der Waals surface area (Å²) in [5.41, 5.74) is 5.44. The molecule has 1 aliphatic rings. The predicted molar refractivity (Wildman–Crippen MR) is 156 cm³/mol. The van der Waals surface area contributed by atoms with Crippen LogP contribution in [0.3, 0.4) is 0 Å². The van der Waals surface area contributed by atoms with E-state index >= 15 is 0 Å². The van der Waals surface area contributed by atoms with E-state index in [0.29, 0.717) is 0 Å². The molecule has 0 amide bonds. The highest BCUT2D eigenvalue weighted by Crippen LogP contribution is 2.45. The van der Waals surface area contributed by atoms with Crippen LogP contribution in [0.15, 0.2) is 51.2 Å². The van der Waals surface area contributed by atoms with Crippen LogP contribution in [-0.4, -0.2) is 79.3 Å². The summed E-state index contributed by atoms with van der Waals surface area (Å²) in [7, 11) is -5.26. The molecule has 0 aliphatic carbocycles. The van der Waals surface area contributed by atoms with Crippen molar-refractivity contribution in [2.24, 2.45) is 5.11 Å². The lowest BCUT2D eigenvalue weighted by atomic mass is 10.0. The summed E-state index contributed by atoms with van der Waals surface area (Å²) < 4.78 is 40.9. The van der Waals surface area contributed by atoms with Gasteiger partial charge in [-0.15, -0.1) is 0 Å². The van der Waals surface area contributed by atoms with E-state index in [1.54, 1.807) is 0 Å². The minimum atomic E-state index is -5.26. The summed E-state index contributed by atoms with van der Waals surface area (Å²) >= 11 is 0. The number of rotatable bonds is 15. The lowest BCUT2D eigenvalue weighted by Crippen LogP contribution is -2.49. The number of carbonyl (C=O) groups excluding carboxylic acids is 3. The summed E-state index contributed by atoms with van der Waals surface area (Å²) in [6.45, 7) is 4.64. The Morgan fingerprint density at radius 2 is 1.77 bits per heavy atom. The highest BCUT2D eigenvalue weighted by atomic mass is 31.2. The number of esters is 3.